The zero-order valence-electron chi connectivity index (χ0n) is 16.5. The Morgan fingerprint density at radius 3 is 2.71 bits per heavy atom. The Labute approximate surface area is 166 Å². The standard InChI is InChI=1S/C24H26O4/c1-3-5-6-7-16-8-9-19(22(10-16)26-4-2)21-13-18(25)11-17-12-23-24(14-20(17)21)28-15-27-23/h6-10,12,14,21H,3-5,11,13,15H2,1-2H3/b7-6+. The molecule has 2 aromatic rings. The van der Waals surface area contributed by atoms with Crippen LogP contribution in [0.4, 0.5) is 0 Å². The number of carbonyl (C=O) groups excluding carboxylic acids is 1. The van der Waals surface area contributed by atoms with Crippen LogP contribution in [-0.2, 0) is 11.2 Å². The zero-order chi connectivity index (χ0) is 19.5. The van der Waals surface area contributed by atoms with Gasteiger partial charge < -0.3 is 14.2 Å². The third-order valence-electron chi connectivity index (χ3n) is 5.31. The van der Waals surface area contributed by atoms with E-state index in [4.69, 9.17) is 14.2 Å². The average molecular weight is 378 g/mol. The monoisotopic (exact) mass is 378 g/mol. The predicted octanol–water partition coefficient (Wildman–Crippen LogP) is 5.27. The molecule has 0 spiro atoms. The van der Waals surface area contributed by atoms with Crippen LogP contribution >= 0.6 is 0 Å². The lowest BCUT2D eigenvalue weighted by Crippen LogP contribution is -2.20. The van der Waals surface area contributed by atoms with Gasteiger partial charge in [-0.1, -0.05) is 37.6 Å². The van der Waals surface area contributed by atoms with Crippen molar-refractivity contribution in [1.29, 1.82) is 0 Å². The molecule has 0 radical (unpaired) electrons. The van der Waals surface area contributed by atoms with Crippen LogP contribution in [0.15, 0.2) is 36.4 Å². The molecule has 28 heavy (non-hydrogen) atoms. The van der Waals surface area contributed by atoms with Crippen molar-refractivity contribution in [2.24, 2.45) is 0 Å². The van der Waals surface area contributed by atoms with Gasteiger partial charge in [-0.15, -0.1) is 0 Å². The molecule has 146 valence electrons. The molecule has 0 N–H and O–H groups in total. The Balaban J connectivity index is 1.75. The van der Waals surface area contributed by atoms with Crippen LogP contribution in [0, 0.1) is 0 Å². The summed E-state index contributed by atoms with van der Waals surface area (Å²) < 4.78 is 17.1. The van der Waals surface area contributed by atoms with Gasteiger partial charge in [0.05, 0.1) is 6.61 Å². The van der Waals surface area contributed by atoms with E-state index in [9.17, 15) is 4.79 Å². The Morgan fingerprint density at radius 1 is 1.11 bits per heavy atom. The van der Waals surface area contributed by atoms with Crippen LogP contribution in [0.5, 0.6) is 17.2 Å². The van der Waals surface area contributed by atoms with E-state index in [0.717, 1.165) is 52.3 Å². The Kier molecular flexibility index (Phi) is 5.38. The minimum absolute atomic E-state index is 0.0269. The first-order valence-corrected chi connectivity index (χ1v) is 10.1. The summed E-state index contributed by atoms with van der Waals surface area (Å²) in [5, 5.41) is 0. The highest BCUT2D eigenvalue weighted by Crippen LogP contribution is 2.45. The fraction of sp³-hybridized carbons (Fsp3) is 0.375. The second-order valence-electron chi connectivity index (χ2n) is 7.30. The first-order valence-electron chi connectivity index (χ1n) is 10.1. The summed E-state index contributed by atoms with van der Waals surface area (Å²) in [5.41, 5.74) is 4.34. The van der Waals surface area contributed by atoms with Gasteiger partial charge in [0.1, 0.15) is 11.5 Å². The largest absolute Gasteiger partial charge is 0.494 e. The molecule has 0 saturated heterocycles. The maximum atomic E-state index is 12.5. The minimum atomic E-state index is -0.0269. The Bertz CT molecular complexity index is 913. The molecule has 0 aromatic heterocycles. The second-order valence-corrected chi connectivity index (χ2v) is 7.30. The molecule has 1 aliphatic carbocycles. The fourth-order valence-electron chi connectivity index (χ4n) is 3.99. The van der Waals surface area contributed by atoms with Gasteiger partial charge in [0.25, 0.3) is 0 Å². The molecule has 4 heteroatoms. The van der Waals surface area contributed by atoms with Crippen LogP contribution in [0.2, 0.25) is 0 Å². The lowest BCUT2D eigenvalue weighted by Gasteiger charge is -2.27. The topological polar surface area (TPSA) is 44.8 Å². The number of ketones is 1. The van der Waals surface area contributed by atoms with Gasteiger partial charge in [-0.25, -0.2) is 0 Å². The minimum Gasteiger partial charge on any atom is -0.494 e. The molecule has 0 saturated carbocycles. The zero-order valence-corrected chi connectivity index (χ0v) is 16.5. The number of unbranched alkanes of at least 4 members (excludes halogenated alkanes) is 1. The number of hydrogen-bond acceptors (Lipinski definition) is 4. The van der Waals surface area contributed by atoms with Crippen LogP contribution in [-0.4, -0.2) is 19.2 Å². The summed E-state index contributed by atoms with van der Waals surface area (Å²) >= 11 is 0. The molecule has 4 rings (SSSR count). The van der Waals surface area contributed by atoms with Crippen molar-refractivity contribution in [2.45, 2.75) is 45.4 Å². The molecular formula is C24H26O4. The summed E-state index contributed by atoms with van der Waals surface area (Å²) in [4.78, 5) is 12.5. The molecule has 1 aliphatic heterocycles. The number of ether oxygens (including phenoxy) is 3. The highest BCUT2D eigenvalue weighted by Gasteiger charge is 2.31. The molecule has 1 unspecified atom stereocenters. The quantitative estimate of drug-likeness (QED) is 0.686. The van der Waals surface area contributed by atoms with Crippen LogP contribution in [0.1, 0.15) is 61.3 Å². The second kappa shape index (κ2) is 8.09. The van der Waals surface area contributed by atoms with E-state index >= 15 is 0 Å². The molecule has 0 amide bonds. The van der Waals surface area contributed by atoms with Gasteiger partial charge in [-0.3, -0.25) is 4.79 Å². The number of allylic oxidation sites excluding steroid dienone is 1. The molecule has 1 atom stereocenters. The van der Waals surface area contributed by atoms with Crippen molar-refractivity contribution in [1.82, 2.24) is 0 Å². The third kappa shape index (κ3) is 3.64. The maximum Gasteiger partial charge on any atom is 0.231 e. The van der Waals surface area contributed by atoms with E-state index in [2.05, 4.69) is 37.3 Å². The first-order chi connectivity index (χ1) is 13.7. The lowest BCUT2D eigenvalue weighted by atomic mass is 9.77. The summed E-state index contributed by atoms with van der Waals surface area (Å²) in [6.45, 7) is 4.98. The van der Waals surface area contributed by atoms with Gasteiger partial charge in [0.2, 0.25) is 6.79 Å². The summed E-state index contributed by atoms with van der Waals surface area (Å²) in [5.74, 6) is 2.56. The van der Waals surface area contributed by atoms with Crippen molar-refractivity contribution in [3.8, 4) is 17.2 Å². The number of hydrogen-bond donors (Lipinski definition) is 0. The van der Waals surface area contributed by atoms with E-state index in [0.29, 0.717) is 19.4 Å². The van der Waals surface area contributed by atoms with Gasteiger partial charge in [0.15, 0.2) is 11.5 Å². The number of Topliss-reactive ketones (excluding diaryl/α,β-unsaturated/α-hetero) is 1. The van der Waals surface area contributed by atoms with Gasteiger partial charge in [-0.2, -0.15) is 0 Å². The molecular weight excluding hydrogens is 352 g/mol. The summed E-state index contributed by atoms with van der Waals surface area (Å²) in [6, 6.07) is 10.3. The predicted molar refractivity (Wildman–Crippen MR) is 109 cm³/mol. The average Bonchev–Trinajstić information content (AvgIpc) is 3.14. The molecule has 1 heterocycles. The molecule has 0 fully saturated rings. The number of fused-ring (bicyclic) bond motifs is 2. The Hall–Kier alpha value is -2.75. The SMILES string of the molecule is CCC/C=C/c1ccc(C2CC(=O)Cc3cc4c(cc32)OCO4)c(OCC)c1. The van der Waals surface area contributed by atoms with Gasteiger partial charge in [-0.05, 0) is 48.2 Å². The van der Waals surface area contributed by atoms with Crippen LogP contribution < -0.4 is 14.2 Å². The van der Waals surface area contributed by atoms with Crippen molar-refractivity contribution in [3.05, 3.63) is 58.7 Å². The van der Waals surface area contributed by atoms with Gasteiger partial charge >= 0.3 is 0 Å². The first kappa shape index (κ1) is 18.6. The van der Waals surface area contributed by atoms with Crippen molar-refractivity contribution < 1.29 is 19.0 Å². The van der Waals surface area contributed by atoms with E-state index < -0.39 is 0 Å². The third-order valence-corrected chi connectivity index (χ3v) is 5.31. The maximum absolute atomic E-state index is 12.5. The number of carbonyl (C=O) groups is 1. The number of benzene rings is 2. The molecule has 2 aliphatic rings. The van der Waals surface area contributed by atoms with Crippen molar-refractivity contribution in [3.63, 3.8) is 0 Å². The smallest absolute Gasteiger partial charge is 0.231 e. The van der Waals surface area contributed by atoms with E-state index in [1.165, 1.54) is 0 Å². The molecule has 0 bridgehead atoms. The van der Waals surface area contributed by atoms with E-state index in [1.54, 1.807) is 0 Å². The Morgan fingerprint density at radius 2 is 1.93 bits per heavy atom. The van der Waals surface area contributed by atoms with Crippen molar-refractivity contribution >= 4 is 11.9 Å². The number of rotatable bonds is 6. The molecule has 4 nitrogen and oxygen atoms in total. The van der Waals surface area contributed by atoms with Crippen LogP contribution in [0.25, 0.3) is 6.08 Å². The van der Waals surface area contributed by atoms with Crippen LogP contribution in [0.3, 0.4) is 0 Å². The highest BCUT2D eigenvalue weighted by molar-refractivity contribution is 5.85. The normalized spacial score (nSPS) is 17.8. The summed E-state index contributed by atoms with van der Waals surface area (Å²) in [7, 11) is 0. The molecule has 2 aromatic carbocycles. The fourth-order valence-corrected chi connectivity index (χ4v) is 3.99. The van der Waals surface area contributed by atoms with E-state index in [-0.39, 0.29) is 18.5 Å². The highest BCUT2D eigenvalue weighted by atomic mass is 16.7. The lowest BCUT2D eigenvalue weighted by molar-refractivity contribution is -0.119. The summed E-state index contributed by atoms with van der Waals surface area (Å²) in [6.07, 6.45) is 7.44. The van der Waals surface area contributed by atoms with Crippen molar-refractivity contribution in [2.75, 3.05) is 13.4 Å². The van der Waals surface area contributed by atoms with Gasteiger partial charge in [0, 0.05) is 24.3 Å². The van der Waals surface area contributed by atoms with E-state index in [1.807, 2.05) is 19.1 Å².